The topological polar surface area (TPSA) is 51.0 Å². The van der Waals surface area contributed by atoms with E-state index >= 15 is 0 Å². The van der Waals surface area contributed by atoms with E-state index in [1.54, 1.807) is 24.4 Å². The lowest BCUT2D eigenvalue weighted by Gasteiger charge is -2.13. The highest BCUT2D eigenvalue weighted by molar-refractivity contribution is 6.31. The van der Waals surface area contributed by atoms with E-state index in [0.29, 0.717) is 17.0 Å². The SMILES string of the molecule is CN(C)/C=C/c1nc2ccc(F)cc2c(=O)n1-c1cccnc1Cl. The largest absolute Gasteiger partial charge is 0.383 e. The molecule has 2 aromatic heterocycles. The Balaban J connectivity index is 2.39. The molecule has 0 aliphatic heterocycles. The first-order chi connectivity index (χ1) is 11.5. The van der Waals surface area contributed by atoms with Gasteiger partial charge in [-0.15, -0.1) is 0 Å². The van der Waals surface area contributed by atoms with Gasteiger partial charge in [0.05, 0.1) is 16.6 Å². The third-order valence-corrected chi connectivity index (χ3v) is 3.65. The van der Waals surface area contributed by atoms with Crippen LogP contribution in [0.1, 0.15) is 5.82 Å². The van der Waals surface area contributed by atoms with Gasteiger partial charge in [-0.2, -0.15) is 0 Å². The number of benzene rings is 1. The normalized spacial score (nSPS) is 11.3. The Morgan fingerprint density at radius 3 is 2.79 bits per heavy atom. The monoisotopic (exact) mass is 344 g/mol. The molecule has 0 unspecified atom stereocenters. The molecule has 122 valence electrons. The molecule has 3 aromatic rings. The minimum Gasteiger partial charge on any atom is -0.383 e. The lowest BCUT2D eigenvalue weighted by Crippen LogP contribution is -2.23. The van der Waals surface area contributed by atoms with Crippen molar-refractivity contribution in [2.75, 3.05) is 14.1 Å². The smallest absolute Gasteiger partial charge is 0.266 e. The zero-order chi connectivity index (χ0) is 17.3. The van der Waals surface area contributed by atoms with E-state index in [2.05, 4.69) is 9.97 Å². The van der Waals surface area contributed by atoms with Crippen LogP contribution in [0.5, 0.6) is 0 Å². The van der Waals surface area contributed by atoms with Crippen LogP contribution < -0.4 is 5.56 Å². The summed E-state index contributed by atoms with van der Waals surface area (Å²) in [4.78, 5) is 23.2. The fourth-order valence-electron chi connectivity index (χ4n) is 2.28. The van der Waals surface area contributed by atoms with Crippen molar-refractivity contribution >= 4 is 28.6 Å². The van der Waals surface area contributed by atoms with Crippen molar-refractivity contribution in [3.05, 3.63) is 69.9 Å². The lowest BCUT2D eigenvalue weighted by atomic mass is 10.2. The van der Waals surface area contributed by atoms with E-state index in [1.165, 1.54) is 29.0 Å². The minimum absolute atomic E-state index is 0.164. The Hall–Kier alpha value is -2.73. The Bertz CT molecular complexity index is 998. The van der Waals surface area contributed by atoms with Gasteiger partial charge < -0.3 is 4.90 Å². The molecule has 0 bridgehead atoms. The summed E-state index contributed by atoms with van der Waals surface area (Å²) < 4.78 is 14.9. The van der Waals surface area contributed by atoms with Gasteiger partial charge in [-0.1, -0.05) is 11.6 Å². The van der Waals surface area contributed by atoms with E-state index in [0.717, 1.165) is 0 Å². The van der Waals surface area contributed by atoms with Crippen molar-refractivity contribution in [2.45, 2.75) is 0 Å². The molecule has 0 saturated heterocycles. The highest BCUT2D eigenvalue weighted by Crippen LogP contribution is 2.20. The van der Waals surface area contributed by atoms with E-state index < -0.39 is 11.4 Å². The molecule has 2 heterocycles. The number of rotatable bonds is 3. The third-order valence-electron chi connectivity index (χ3n) is 3.36. The molecule has 5 nitrogen and oxygen atoms in total. The van der Waals surface area contributed by atoms with E-state index in [1.807, 2.05) is 19.0 Å². The predicted octanol–water partition coefficient (Wildman–Crippen LogP) is 3.11. The summed E-state index contributed by atoms with van der Waals surface area (Å²) in [6.07, 6.45) is 4.98. The first-order valence-electron chi connectivity index (χ1n) is 7.15. The summed E-state index contributed by atoms with van der Waals surface area (Å²) in [5.74, 6) is -0.121. The van der Waals surface area contributed by atoms with Gasteiger partial charge in [0.2, 0.25) is 0 Å². The van der Waals surface area contributed by atoms with Crippen LogP contribution in [-0.4, -0.2) is 33.5 Å². The van der Waals surface area contributed by atoms with Gasteiger partial charge >= 0.3 is 0 Å². The maximum atomic E-state index is 13.5. The van der Waals surface area contributed by atoms with Gasteiger partial charge in [-0.25, -0.2) is 14.4 Å². The second kappa shape index (κ2) is 6.41. The number of aromatic nitrogens is 3. The Morgan fingerprint density at radius 2 is 2.08 bits per heavy atom. The quantitative estimate of drug-likeness (QED) is 0.685. The summed E-state index contributed by atoms with van der Waals surface area (Å²) in [5, 5.41) is 0.341. The van der Waals surface area contributed by atoms with E-state index in [-0.39, 0.29) is 10.5 Å². The van der Waals surface area contributed by atoms with Crippen LogP contribution in [0, 0.1) is 5.82 Å². The number of halogens is 2. The molecule has 24 heavy (non-hydrogen) atoms. The van der Waals surface area contributed by atoms with Crippen molar-refractivity contribution in [3.8, 4) is 5.69 Å². The zero-order valence-corrected chi connectivity index (χ0v) is 13.8. The number of pyridine rings is 1. The van der Waals surface area contributed by atoms with Crippen molar-refractivity contribution < 1.29 is 4.39 Å². The molecule has 3 rings (SSSR count). The molecule has 7 heteroatoms. The fraction of sp³-hybridized carbons (Fsp3) is 0.118. The molecule has 0 saturated carbocycles. The van der Waals surface area contributed by atoms with Gasteiger partial charge in [0.15, 0.2) is 5.15 Å². The Labute approximate surface area is 142 Å². The van der Waals surface area contributed by atoms with Crippen LogP contribution in [0.25, 0.3) is 22.7 Å². The molecule has 0 fully saturated rings. The highest BCUT2D eigenvalue weighted by Gasteiger charge is 2.14. The van der Waals surface area contributed by atoms with Gasteiger partial charge in [-0.05, 0) is 36.4 Å². The van der Waals surface area contributed by atoms with Gasteiger partial charge in [0.25, 0.3) is 5.56 Å². The highest BCUT2D eigenvalue weighted by atomic mass is 35.5. The van der Waals surface area contributed by atoms with Crippen LogP contribution in [0.4, 0.5) is 4.39 Å². The number of fused-ring (bicyclic) bond motifs is 1. The van der Waals surface area contributed by atoms with Crippen molar-refractivity contribution in [1.29, 1.82) is 0 Å². The fourth-order valence-corrected chi connectivity index (χ4v) is 2.48. The lowest BCUT2D eigenvalue weighted by molar-refractivity contribution is 0.567. The van der Waals surface area contributed by atoms with Crippen LogP contribution >= 0.6 is 11.6 Å². The maximum Gasteiger partial charge on any atom is 0.266 e. The molecule has 0 aliphatic rings. The van der Waals surface area contributed by atoms with E-state index in [9.17, 15) is 9.18 Å². The molecule has 0 atom stereocenters. The summed E-state index contributed by atoms with van der Waals surface area (Å²) in [6, 6.07) is 7.26. The molecule has 0 spiro atoms. The van der Waals surface area contributed by atoms with Crippen molar-refractivity contribution in [2.24, 2.45) is 0 Å². The van der Waals surface area contributed by atoms with Crippen LogP contribution in [-0.2, 0) is 0 Å². The first kappa shape index (κ1) is 16.1. The first-order valence-corrected chi connectivity index (χ1v) is 7.53. The Kier molecular flexibility index (Phi) is 4.31. The molecule has 1 aromatic carbocycles. The number of hydrogen-bond acceptors (Lipinski definition) is 4. The van der Waals surface area contributed by atoms with E-state index in [4.69, 9.17) is 11.6 Å². The summed E-state index contributed by atoms with van der Waals surface area (Å²) >= 11 is 6.14. The summed E-state index contributed by atoms with van der Waals surface area (Å²) in [5.41, 5.74) is 0.394. The Morgan fingerprint density at radius 1 is 1.29 bits per heavy atom. The zero-order valence-electron chi connectivity index (χ0n) is 13.1. The molecular formula is C17H14ClFN4O. The molecular weight excluding hydrogens is 331 g/mol. The maximum absolute atomic E-state index is 13.5. The average molecular weight is 345 g/mol. The third kappa shape index (κ3) is 3.00. The summed E-state index contributed by atoms with van der Waals surface area (Å²) in [6.45, 7) is 0. The van der Waals surface area contributed by atoms with Gasteiger partial charge in [-0.3, -0.25) is 9.36 Å². The average Bonchev–Trinajstić information content (AvgIpc) is 2.55. The standard InChI is InChI=1S/C17H14ClFN4O/c1-22(2)9-7-15-21-13-6-5-11(19)10-12(13)17(24)23(15)14-4-3-8-20-16(14)18/h3-10H,1-2H3/b9-7+. The second-order valence-electron chi connectivity index (χ2n) is 5.36. The number of nitrogens with zero attached hydrogens (tertiary/aromatic N) is 4. The number of hydrogen-bond donors (Lipinski definition) is 0. The minimum atomic E-state index is -0.498. The van der Waals surface area contributed by atoms with Crippen LogP contribution in [0.2, 0.25) is 5.15 Å². The van der Waals surface area contributed by atoms with Crippen LogP contribution in [0.3, 0.4) is 0 Å². The molecule has 0 aliphatic carbocycles. The van der Waals surface area contributed by atoms with Crippen LogP contribution in [0.15, 0.2) is 47.5 Å². The van der Waals surface area contributed by atoms with Gasteiger partial charge in [0.1, 0.15) is 11.6 Å². The summed E-state index contributed by atoms with van der Waals surface area (Å²) in [7, 11) is 3.71. The molecule has 0 N–H and O–H groups in total. The van der Waals surface area contributed by atoms with Crippen molar-refractivity contribution in [3.63, 3.8) is 0 Å². The van der Waals surface area contributed by atoms with Crippen molar-refractivity contribution in [1.82, 2.24) is 19.4 Å². The second-order valence-corrected chi connectivity index (χ2v) is 5.72. The van der Waals surface area contributed by atoms with Gasteiger partial charge in [0, 0.05) is 26.5 Å². The molecule has 0 amide bonds. The predicted molar refractivity (Wildman–Crippen MR) is 92.8 cm³/mol. The molecule has 0 radical (unpaired) electrons.